The van der Waals surface area contributed by atoms with Crippen LogP contribution >= 0.6 is 12.2 Å². The summed E-state index contributed by atoms with van der Waals surface area (Å²) in [5, 5.41) is 4.16. The van der Waals surface area contributed by atoms with E-state index in [-0.39, 0.29) is 6.10 Å². The Morgan fingerprint density at radius 2 is 1.94 bits per heavy atom. The zero-order chi connectivity index (χ0) is 24.3. The lowest BCUT2D eigenvalue weighted by Crippen LogP contribution is -2.36. The van der Waals surface area contributed by atoms with Gasteiger partial charge in [-0.1, -0.05) is 19.1 Å². The molecule has 0 aromatic heterocycles. The second-order valence-corrected chi connectivity index (χ2v) is 9.52. The fraction of sp³-hybridized carbons (Fsp3) is 0.536. The van der Waals surface area contributed by atoms with Crippen molar-refractivity contribution in [2.45, 2.75) is 66.0 Å². The SMILES string of the molecule is CCCN1CCCc2cc(CN(CCCOC(C)C)C(=S)Nc3ccc(OCC)cc3)ccc21. The first kappa shape index (κ1) is 26.3. The molecule has 0 saturated carbocycles. The van der Waals surface area contributed by atoms with E-state index in [2.05, 4.69) is 54.1 Å². The second kappa shape index (κ2) is 13.5. The highest BCUT2D eigenvalue weighted by Gasteiger charge is 2.18. The topological polar surface area (TPSA) is 37.0 Å². The first-order valence-corrected chi connectivity index (χ1v) is 13.2. The van der Waals surface area contributed by atoms with Crippen LogP contribution in [0, 0.1) is 0 Å². The van der Waals surface area contributed by atoms with Gasteiger partial charge in [-0.15, -0.1) is 0 Å². The van der Waals surface area contributed by atoms with Crippen LogP contribution in [0.4, 0.5) is 11.4 Å². The number of hydrogen-bond acceptors (Lipinski definition) is 4. The molecule has 0 atom stereocenters. The largest absolute Gasteiger partial charge is 0.494 e. The molecule has 1 aliphatic heterocycles. The van der Waals surface area contributed by atoms with Gasteiger partial charge in [0.05, 0.1) is 12.7 Å². The quantitative estimate of drug-likeness (QED) is 0.284. The van der Waals surface area contributed by atoms with Crippen LogP contribution in [0.2, 0.25) is 0 Å². The zero-order valence-corrected chi connectivity index (χ0v) is 22.1. The van der Waals surface area contributed by atoms with Gasteiger partial charge in [-0.25, -0.2) is 0 Å². The molecule has 5 nitrogen and oxygen atoms in total. The lowest BCUT2D eigenvalue weighted by Gasteiger charge is -2.32. The number of nitrogens with zero attached hydrogens (tertiary/aromatic N) is 2. The van der Waals surface area contributed by atoms with Gasteiger partial charge in [0.1, 0.15) is 5.75 Å². The van der Waals surface area contributed by atoms with Gasteiger partial charge in [0.2, 0.25) is 0 Å². The third-order valence-corrected chi connectivity index (χ3v) is 6.31. The van der Waals surface area contributed by atoms with Crippen molar-refractivity contribution in [3.05, 3.63) is 53.6 Å². The number of thiocarbonyl (C=S) groups is 1. The average Bonchev–Trinajstić information content (AvgIpc) is 2.82. The monoisotopic (exact) mass is 483 g/mol. The lowest BCUT2D eigenvalue weighted by molar-refractivity contribution is 0.0739. The van der Waals surface area contributed by atoms with E-state index in [9.17, 15) is 0 Å². The van der Waals surface area contributed by atoms with Gasteiger partial charge in [-0.3, -0.25) is 0 Å². The number of anilines is 2. The smallest absolute Gasteiger partial charge is 0.173 e. The highest BCUT2D eigenvalue weighted by molar-refractivity contribution is 7.80. The molecule has 0 unspecified atom stereocenters. The first-order valence-electron chi connectivity index (χ1n) is 12.8. The fourth-order valence-electron chi connectivity index (χ4n) is 4.38. The van der Waals surface area contributed by atoms with E-state index in [0.29, 0.717) is 6.61 Å². The molecule has 1 heterocycles. The van der Waals surface area contributed by atoms with Crippen molar-refractivity contribution in [1.29, 1.82) is 0 Å². The fourth-order valence-corrected chi connectivity index (χ4v) is 4.65. The maximum Gasteiger partial charge on any atom is 0.173 e. The lowest BCUT2D eigenvalue weighted by atomic mass is 9.99. The Kier molecular flexibility index (Phi) is 10.5. The van der Waals surface area contributed by atoms with Gasteiger partial charge in [0.25, 0.3) is 0 Å². The number of fused-ring (bicyclic) bond motifs is 1. The Morgan fingerprint density at radius 3 is 2.65 bits per heavy atom. The van der Waals surface area contributed by atoms with Crippen LogP contribution in [0.5, 0.6) is 5.75 Å². The molecule has 34 heavy (non-hydrogen) atoms. The van der Waals surface area contributed by atoms with Gasteiger partial charge in [0, 0.05) is 44.2 Å². The molecular weight excluding hydrogens is 442 g/mol. The van der Waals surface area contributed by atoms with Gasteiger partial charge in [-0.2, -0.15) is 0 Å². The van der Waals surface area contributed by atoms with Gasteiger partial charge < -0.3 is 24.6 Å². The zero-order valence-electron chi connectivity index (χ0n) is 21.3. The normalized spacial score (nSPS) is 13.0. The van der Waals surface area contributed by atoms with E-state index in [1.165, 1.54) is 29.7 Å². The van der Waals surface area contributed by atoms with Crippen LogP contribution in [0.1, 0.15) is 58.1 Å². The minimum absolute atomic E-state index is 0.245. The summed E-state index contributed by atoms with van der Waals surface area (Å²) in [7, 11) is 0. The second-order valence-electron chi connectivity index (χ2n) is 9.14. The van der Waals surface area contributed by atoms with E-state index >= 15 is 0 Å². The molecule has 0 radical (unpaired) electrons. The minimum Gasteiger partial charge on any atom is -0.494 e. The summed E-state index contributed by atoms with van der Waals surface area (Å²) in [5.41, 5.74) is 5.14. The number of hydrogen-bond donors (Lipinski definition) is 1. The molecule has 2 aromatic rings. The van der Waals surface area contributed by atoms with Crippen molar-refractivity contribution in [1.82, 2.24) is 4.90 Å². The van der Waals surface area contributed by atoms with Crippen LogP contribution in [-0.2, 0) is 17.7 Å². The van der Waals surface area contributed by atoms with Crippen molar-refractivity contribution < 1.29 is 9.47 Å². The predicted octanol–water partition coefficient (Wildman–Crippen LogP) is 6.26. The van der Waals surface area contributed by atoms with E-state index in [4.69, 9.17) is 21.7 Å². The molecule has 0 bridgehead atoms. The first-order chi connectivity index (χ1) is 16.5. The Morgan fingerprint density at radius 1 is 1.15 bits per heavy atom. The van der Waals surface area contributed by atoms with Crippen molar-refractivity contribution in [3.63, 3.8) is 0 Å². The summed E-state index contributed by atoms with van der Waals surface area (Å²) in [5.74, 6) is 0.868. The number of benzene rings is 2. The molecule has 0 aliphatic carbocycles. The molecule has 2 aromatic carbocycles. The number of aryl methyl sites for hydroxylation is 1. The molecule has 3 rings (SSSR count). The molecule has 0 fully saturated rings. The molecule has 6 heteroatoms. The van der Waals surface area contributed by atoms with Crippen molar-refractivity contribution in [3.8, 4) is 5.75 Å². The van der Waals surface area contributed by atoms with Crippen LogP contribution < -0.4 is 15.0 Å². The number of rotatable bonds is 12. The standard InChI is InChI=1S/C28H41N3O2S/c1-5-16-30-17-7-9-24-20-23(10-15-27(24)30)21-31(18-8-19-33-22(3)4)28(34)29-25-11-13-26(14-12-25)32-6-2/h10-15,20,22H,5-9,16-19,21H2,1-4H3,(H,29,34). The van der Waals surface area contributed by atoms with E-state index in [0.717, 1.165) is 62.2 Å². The van der Waals surface area contributed by atoms with E-state index in [1.54, 1.807) is 0 Å². The summed E-state index contributed by atoms with van der Waals surface area (Å²) in [6.07, 6.45) is 4.73. The summed E-state index contributed by atoms with van der Waals surface area (Å²) in [4.78, 5) is 4.78. The molecule has 0 saturated heterocycles. The molecule has 0 spiro atoms. The van der Waals surface area contributed by atoms with Gasteiger partial charge in [0.15, 0.2) is 5.11 Å². The van der Waals surface area contributed by atoms with Crippen LogP contribution in [0.25, 0.3) is 0 Å². The van der Waals surface area contributed by atoms with Crippen LogP contribution in [0.15, 0.2) is 42.5 Å². The third-order valence-electron chi connectivity index (χ3n) is 5.95. The Hall–Kier alpha value is -2.31. The van der Waals surface area contributed by atoms with Crippen molar-refractivity contribution >= 4 is 28.7 Å². The van der Waals surface area contributed by atoms with Crippen molar-refractivity contribution in [2.75, 3.05) is 43.1 Å². The Labute approximate surface area is 211 Å². The molecule has 0 amide bonds. The molecular formula is C28H41N3O2S. The summed E-state index contributed by atoms with van der Waals surface area (Å²) in [6.45, 7) is 13.7. The van der Waals surface area contributed by atoms with E-state index in [1.807, 2.05) is 31.2 Å². The predicted molar refractivity (Wildman–Crippen MR) is 147 cm³/mol. The van der Waals surface area contributed by atoms with Crippen molar-refractivity contribution in [2.24, 2.45) is 0 Å². The van der Waals surface area contributed by atoms with Crippen LogP contribution in [-0.4, -0.2) is 49.0 Å². The van der Waals surface area contributed by atoms with Gasteiger partial charge in [-0.05, 0) is 100 Å². The number of nitrogens with one attached hydrogen (secondary N) is 1. The summed E-state index contributed by atoms with van der Waals surface area (Å²) >= 11 is 5.85. The van der Waals surface area contributed by atoms with Gasteiger partial charge >= 0.3 is 0 Å². The maximum atomic E-state index is 5.85. The average molecular weight is 484 g/mol. The minimum atomic E-state index is 0.245. The molecule has 1 aliphatic rings. The number of ether oxygens (including phenoxy) is 2. The third kappa shape index (κ3) is 7.88. The summed E-state index contributed by atoms with van der Waals surface area (Å²) in [6, 6.07) is 14.9. The van der Waals surface area contributed by atoms with Crippen LogP contribution in [0.3, 0.4) is 0 Å². The summed E-state index contributed by atoms with van der Waals surface area (Å²) < 4.78 is 11.3. The highest BCUT2D eigenvalue weighted by Crippen LogP contribution is 2.29. The molecule has 186 valence electrons. The van der Waals surface area contributed by atoms with E-state index < -0.39 is 0 Å². The Bertz CT molecular complexity index is 901. The Balaban J connectivity index is 1.70. The maximum absolute atomic E-state index is 5.85. The highest BCUT2D eigenvalue weighted by atomic mass is 32.1. The molecule has 1 N–H and O–H groups in total.